The van der Waals surface area contributed by atoms with Crippen LogP contribution in [-0.4, -0.2) is 13.0 Å². The van der Waals surface area contributed by atoms with Gasteiger partial charge in [-0.1, -0.05) is 70.1 Å². The number of para-hydroxylation sites is 1. The van der Waals surface area contributed by atoms with Crippen molar-refractivity contribution in [3.8, 4) is 11.5 Å². The van der Waals surface area contributed by atoms with Gasteiger partial charge in [0, 0.05) is 0 Å². The molecule has 0 bridgehead atoms. The molecular weight excluding hydrogens is 383 g/mol. The van der Waals surface area contributed by atoms with E-state index in [0.29, 0.717) is 5.75 Å². The number of hydrogen-bond acceptors (Lipinski definition) is 4. The molecule has 0 aliphatic carbocycles. The molecule has 2 aromatic rings. The molecular formula is C22H29NaO4S. The summed E-state index contributed by atoms with van der Waals surface area (Å²) in [7, 11) is -4.43. The zero-order valence-corrected chi connectivity index (χ0v) is 19.8. The Bertz CT molecular complexity index is 788. The Balaban J connectivity index is 0.00000392. The van der Waals surface area contributed by atoms with E-state index in [1.807, 2.05) is 18.2 Å². The van der Waals surface area contributed by atoms with E-state index >= 15 is 0 Å². The molecule has 0 aromatic heterocycles. The van der Waals surface area contributed by atoms with Crippen molar-refractivity contribution in [2.45, 2.75) is 69.6 Å². The van der Waals surface area contributed by atoms with Crippen LogP contribution in [0.3, 0.4) is 0 Å². The zero-order chi connectivity index (χ0) is 19.5. The summed E-state index contributed by atoms with van der Waals surface area (Å²) in [6, 6.07) is 13.5. The normalized spacial score (nSPS) is 11.1. The Morgan fingerprint density at radius 1 is 0.821 bits per heavy atom. The number of unbranched alkanes of at least 4 members (excludes halogenated alkanes) is 7. The molecule has 0 heterocycles. The maximum Gasteiger partial charge on any atom is 1.00 e. The van der Waals surface area contributed by atoms with E-state index in [9.17, 15) is 13.0 Å². The molecule has 0 aliphatic heterocycles. The minimum absolute atomic E-state index is 0. The fourth-order valence-electron chi connectivity index (χ4n) is 3.06. The molecule has 2 rings (SSSR count). The topological polar surface area (TPSA) is 66.4 Å². The molecule has 0 spiro atoms. The second kappa shape index (κ2) is 13.4. The molecule has 0 N–H and O–H groups in total. The van der Waals surface area contributed by atoms with Crippen LogP contribution in [0.25, 0.3) is 0 Å². The molecule has 28 heavy (non-hydrogen) atoms. The van der Waals surface area contributed by atoms with Crippen LogP contribution in [0.4, 0.5) is 0 Å². The van der Waals surface area contributed by atoms with Crippen molar-refractivity contribution in [1.82, 2.24) is 0 Å². The van der Waals surface area contributed by atoms with Gasteiger partial charge in [-0.3, -0.25) is 0 Å². The van der Waals surface area contributed by atoms with Gasteiger partial charge >= 0.3 is 29.6 Å². The Labute approximate surface area is 191 Å². The van der Waals surface area contributed by atoms with Crippen molar-refractivity contribution in [3.63, 3.8) is 0 Å². The second-order valence-electron chi connectivity index (χ2n) is 6.86. The van der Waals surface area contributed by atoms with Gasteiger partial charge in [0.25, 0.3) is 0 Å². The maximum absolute atomic E-state index is 11.0. The third-order valence-electron chi connectivity index (χ3n) is 4.61. The Kier molecular flexibility index (Phi) is 12.0. The molecule has 6 heteroatoms. The average Bonchev–Trinajstić information content (AvgIpc) is 2.65. The largest absolute Gasteiger partial charge is 1.00 e. The van der Waals surface area contributed by atoms with Crippen molar-refractivity contribution in [3.05, 3.63) is 54.1 Å². The van der Waals surface area contributed by atoms with E-state index in [0.717, 1.165) is 24.2 Å². The molecule has 2 aromatic carbocycles. The molecule has 0 atom stereocenters. The molecule has 0 unspecified atom stereocenters. The quantitative estimate of drug-likeness (QED) is 0.305. The Morgan fingerprint density at radius 2 is 1.39 bits per heavy atom. The van der Waals surface area contributed by atoms with E-state index in [2.05, 4.69) is 13.0 Å². The summed E-state index contributed by atoms with van der Waals surface area (Å²) >= 11 is 0. The molecule has 0 amide bonds. The third kappa shape index (κ3) is 9.10. The minimum Gasteiger partial charge on any atom is -0.744 e. The summed E-state index contributed by atoms with van der Waals surface area (Å²) in [5, 5.41) is 0. The summed E-state index contributed by atoms with van der Waals surface area (Å²) in [4.78, 5) is -0.248. The number of rotatable bonds is 12. The van der Waals surface area contributed by atoms with Crippen molar-refractivity contribution >= 4 is 10.1 Å². The zero-order valence-electron chi connectivity index (χ0n) is 17.0. The first-order chi connectivity index (χ1) is 13.0. The Morgan fingerprint density at radius 3 is 2.00 bits per heavy atom. The monoisotopic (exact) mass is 412 g/mol. The SMILES string of the molecule is CCCCCCCCCCc1ccccc1Oc1ccc(S(=O)(=O)[O-])cc1.[Na+]. The van der Waals surface area contributed by atoms with E-state index in [1.54, 1.807) is 0 Å². The van der Waals surface area contributed by atoms with Crippen molar-refractivity contribution in [1.29, 1.82) is 0 Å². The number of benzene rings is 2. The van der Waals surface area contributed by atoms with Gasteiger partial charge in [0.15, 0.2) is 0 Å². The average molecular weight is 413 g/mol. The van der Waals surface area contributed by atoms with Crippen LogP contribution in [0.1, 0.15) is 63.9 Å². The first-order valence-electron chi connectivity index (χ1n) is 9.82. The summed E-state index contributed by atoms with van der Waals surface area (Å²) in [6.45, 7) is 2.24. The van der Waals surface area contributed by atoms with Gasteiger partial charge in [-0.25, -0.2) is 8.42 Å². The van der Waals surface area contributed by atoms with Crippen molar-refractivity contribution < 1.29 is 47.3 Å². The van der Waals surface area contributed by atoms with Gasteiger partial charge in [-0.15, -0.1) is 0 Å². The van der Waals surface area contributed by atoms with Crippen LogP contribution in [0.15, 0.2) is 53.4 Å². The molecule has 0 saturated heterocycles. The molecule has 0 aliphatic rings. The van der Waals surface area contributed by atoms with Gasteiger partial charge in [-0.05, 0) is 48.7 Å². The fraction of sp³-hybridized carbons (Fsp3) is 0.455. The first kappa shape index (κ1) is 25.2. The van der Waals surface area contributed by atoms with Gasteiger partial charge < -0.3 is 9.29 Å². The molecule has 148 valence electrons. The van der Waals surface area contributed by atoms with E-state index < -0.39 is 10.1 Å². The molecule has 4 nitrogen and oxygen atoms in total. The molecule has 0 saturated carbocycles. The Hall–Kier alpha value is -0.850. The van der Waals surface area contributed by atoms with Crippen LogP contribution in [0.5, 0.6) is 11.5 Å². The van der Waals surface area contributed by atoms with E-state index in [1.165, 1.54) is 69.2 Å². The van der Waals surface area contributed by atoms with Crippen LogP contribution < -0.4 is 34.3 Å². The number of ether oxygens (including phenoxy) is 1. The minimum atomic E-state index is -4.43. The number of hydrogen-bond donors (Lipinski definition) is 0. The van der Waals surface area contributed by atoms with Gasteiger partial charge in [0.2, 0.25) is 0 Å². The third-order valence-corrected chi connectivity index (χ3v) is 5.46. The van der Waals surface area contributed by atoms with Gasteiger partial charge in [-0.2, -0.15) is 0 Å². The van der Waals surface area contributed by atoms with Crippen molar-refractivity contribution in [2.75, 3.05) is 0 Å². The summed E-state index contributed by atoms with van der Waals surface area (Å²) in [5.41, 5.74) is 1.14. The van der Waals surface area contributed by atoms with Crippen LogP contribution >= 0.6 is 0 Å². The van der Waals surface area contributed by atoms with E-state index in [-0.39, 0.29) is 34.5 Å². The second-order valence-corrected chi connectivity index (χ2v) is 8.24. The molecule has 0 fully saturated rings. The van der Waals surface area contributed by atoms with E-state index in [4.69, 9.17) is 4.74 Å². The van der Waals surface area contributed by atoms with Crippen LogP contribution in [-0.2, 0) is 16.5 Å². The predicted molar refractivity (Wildman–Crippen MR) is 107 cm³/mol. The van der Waals surface area contributed by atoms with Gasteiger partial charge in [0.1, 0.15) is 21.6 Å². The standard InChI is InChI=1S/C22H30O4S.Na/c1-2-3-4-5-6-7-8-9-12-19-13-10-11-14-22(19)26-20-15-17-21(18-16-20)27(23,24)25;/h10-11,13-18H,2-9,12H2,1H3,(H,23,24,25);/q;+1/p-1. The first-order valence-corrected chi connectivity index (χ1v) is 11.2. The maximum atomic E-state index is 11.0. The van der Waals surface area contributed by atoms with Crippen LogP contribution in [0.2, 0.25) is 0 Å². The predicted octanol–water partition coefficient (Wildman–Crippen LogP) is 3.07. The van der Waals surface area contributed by atoms with Crippen LogP contribution in [0, 0.1) is 0 Å². The summed E-state index contributed by atoms with van der Waals surface area (Å²) in [6.07, 6.45) is 11.2. The summed E-state index contributed by atoms with van der Waals surface area (Å²) in [5.74, 6) is 1.30. The summed E-state index contributed by atoms with van der Waals surface area (Å²) < 4.78 is 38.9. The number of aryl methyl sites for hydroxylation is 1. The van der Waals surface area contributed by atoms with Crippen molar-refractivity contribution in [2.24, 2.45) is 0 Å². The molecule has 0 radical (unpaired) electrons. The fourth-order valence-corrected chi connectivity index (χ4v) is 3.53. The van der Waals surface area contributed by atoms with Gasteiger partial charge in [0.05, 0.1) is 4.90 Å². The smallest absolute Gasteiger partial charge is 0.744 e.